The normalized spacial score (nSPS) is 20.8. The molecule has 0 radical (unpaired) electrons. The Morgan fingerprint density at radius 3 is 1.62 bits per heavy atom. The Hall–Kier alpha value is -2.39. The molecule has 1 rings (SSSR count). The van der Waals surface area contributed by atoms with Crippen molar-refractivity contribution in [2.45, 2.75) is 205 Å². The fourth-order valence-electron chi connectivity index (χ4n) is 6.57. The van der Waals surface area contributed by atoms with E-state index in [0.717, 1.165) is 57.8 Å². The second kappa shape index (κ2) is 35.4. The van der Waals surface area contributed by atoms with E-state index in [-0.39, 0.29) is 19.4 Å². The van der Waals surface area contributed by atoms with Crippen LogP contribution in [0.3, 0.4) is 0 Å². The van der Waals surface area contributed by atoms with E-state index in [1.54, 1.807) is 0 Å². The van der Waals surface area contributed by atoms with Crippen molar-refractivity contribution in [2.24, 2.45) is 0 Å². The predicted octanol–water partition coefficient (Wildman–Crippen LogP) is 8.78. The van der Waals surface area contributed by atoms with Crippen molar-refractivity contribution in [3.05, 3.63) is 48.6 Å². The summed E-state index contributed by atoms with van der Waals surface area (Å²) in [5, 5.41) is 30.9. The zero-order chi connectivity index (χ0) is 42.7. The van der Waals surface area contributed by atoms with Crippen molar-refractivity contribution < 1.29 is 56.8 Å². The van der Waals surface area contributed by atoms with Gasteiger partial charge in [-0.05, 0) is 32.1 Å². The minimum absolute atomic E-state index is 0.138. The summed E-state index contributed by atoms with van der Waals surface area (Å²) >= 11 is 0. The Morgan fingerprint density at radius 1 is 0.603 bits per heavy atom. The minimum atomic E-state index is -4.60. The molecule has 0 aromatic rings. The minimum Gasteiger partial charge on any atom is -0.462 e. The third-order valence-corrected chi connectivity index (χ3v) is 10.8. The summed E-state index contributed by atoms with van der Waals surface area (Å²) in [7, 11) is -4.60. The number of hydrogen-bond acceptors (Lipinski definition) is 11. The van der Waals surface area contributed by atoms with Crippen molar-refractivity contribution in [3.63, 3.8) is 0 Å². The molecule has 12 nitrogen and oxygen atoms in total. The second-order valence-electron chi connectivity index (χ2n) is 15.4. The van der Waals surface area contributed by atoms with E-state index in [2.05, 4.69) is 26.0 Å². The molecule has 0 aromatic heterocycles. The van der Waals surface area contributed by atoms with E-state index in [9.17, 15) is 37.9 Å². The van der Waals surface area contributed by atoms with Crippen LogP contribution in [0, 0.1) is 0 Å². The zero-order valence-corrected chi connectivity index (χ0v) is 36.5. The first kappa shape index (κ1) is 53.6. The van der Waals surface area contributed by atoms with Gasteiger partial charge in [0.25, 0.3) is 10.1 Å². The van der Waals surface area contributed by atoms with Gasteiger partial charge in [0.15, 0.2) is 12.4 Å². The van der Waals surface area contributed by atoms with Gasteiger partial charge in [0.2, 0.25) is 0 Å². The maximum atomic E-state index is 12.8. The topological polar surface area (TPSA) is 186 Å². The summed E-state index contributed by atoms with van der Waals surface area (Å²) in [5.74, 6) is -2.01. The lowest BCUT2D eigenvalue weighted by molar-refractivity contribution is -0.297. The highest BCUT2D eigenvalue weighted by Gasteiger charge is 2.46. The Labute approximate surface area is 350 Å². The van der Waals surface area contributed by atoms with Crippen LogP contribution in [-0.4, -0.2) is 96.0 Å². The number of unbranched alkanes of at least 4 members (excludes halogenated alkanes) is 19. The number of aliphatic hydroxyl groups excluding tert-OH is 3. The molecule has 0 aliphatic carbocycles. The Kier molecular flexibility index (Phi) is 32.7. The largest absolute Gasteiger partial charge is 0.462 e. The molecule has 1 saturated heterocycles. The maximum absolute atomic E-state index is 12.8. The molecule has 0 saturated carbocycles. The average molecular weight is 843 g/mol. The molecule has 1 aliphatic heterocycles. The van der Waals surface area contributed by atoms with E-state index >= 15 is 0 Å². The summed E-state index contributed by atoms with van der Waals surface area (Å²) in [6.07, 6.45) is 31.5. The molecule has 1 aliphatic rings. The van der Waals surface area contributed by atoms with Crippen LogP contribution in [0.15, 0.2) is 48.6 Å². The first-order chi connectivity index (χ1) is 28.0. The molecule has 0 amide bonds. The van der Waals surface area contributed by atoms with Crippen LogP contribution < -0.4 is 0 Å². The van der Waals surface area contributed by atoms with Crippen molar-refractivity contribution in [2.75, 3.05) is 19.0 Å². The predicted molar refractivity (Wildman–Crippen MR) is 229 cm³/mol. The molecule has 1 fully saturated rings. The van der Waals surface area contributed by atoms with Gasteiger partial charge >= 0.3 is 11.9 Å². The molecule has 336 valence electrons. The fourth-order valence-corrected chi connectivity index (χ4v) is 7.26. The molecule has 2 unspecified atom stereocenters. The number of esters is 2. The molecule has 13 heteroatoms. The van der Waals surface area contributed by atoms with E-state index in [1.807, 2.05) is 36.5 Å². The smallest absolute Gasteiger partial charge is 0.306 e. The first-order valence-corrected chi connectivity index (χ1v) is 23.9. The lowest BCUT2D eigenvalue weighted by Gasteiger charge is -2.40. The van der Waals surface area contributed by atoms with Crippen molar-refractivity contribution in [1.29, 1.82) is 0 Å². The van der Waals surface area contributed by atoms with Gasteiger partial charge in [0, 0.05) is 12.8 Å². The first-order valence-electron chi connectivity index (χ1n) is 22.2. The van der Waals surface area contributed by atoms with Crippen molar-refractivity contribution in [3.8, 4) is 0 Å². The monoisotopic (exact) mass is 843 g/mol. The number of ether oxygens (including phenoxy) is 4. The van der Waals surface area contributed by atoms with E-state index < -0.39 is 71.2 Å². The molecule has 4 N–H and O–H groups in total. The highest BCUT2D eigenvalue weighted by molar-refractivity contribution is 7.85. The molecular weight excluding hydrogens is 765 g/mol. The van der Waals surface area contributed by atoms with Crippen LogP contribution >= 0.6 is 0 Å². The number of aliphatic hydroxyl groups is 3. The molecule has 0 aromatic carbocycles. The molecule has 6 atom stereocenters. The van der Waals surface area contributed by atoms with Gasteiger partial charge in [-0.2, -0.15) is 8.42 Å². The van der Waals surface area contributed by atoms with Crippen LogP contribution in [0.5, 0.6) is 0 Å². The van der Waals surface area contributed by atoms with Crippen LogP contribution in [0.25, 0.3) is 0 Å². The summed E-state index contributed by atoms with van der Waals surface area (Å²) in [4.78, 5) is 25.4. The molecule has 58 heavy (non-hydrogen) atoms. The lowest BCUT2D eigenvalue weighted by atomic mass is 10.00. The van der Waals surface area contributed by atoms with Crippen LogP contribution in [0.2, 0.25) is 0 Å². The van der Waals surface area contributed by atoms with Gasteiger partial charge in [-0.15, -0.1) is 0 Å². The number of hydrogen-bond donors (Lipinski definition) is 4. The molecular formula is C45H78O12S. The number of carbonyl (C=O) groups excluding carboxylic acids is 2. The van der Waals surface area contributed by atoms with Crippen LogP contribution in [0.1, 0.15) is 168 Å². The number of carbonyl (C=O) groups is 2. The SMILES string of the molecule is CC/C=C/C=C/C=C/C=C/CCCCCCCC(=O)O[C@H](COC(=O)CCCCCCCCCCCCCCCCC)CO[C@H]1O[C@H](CS(=O)(=O)O)[C@@H](O)C(O)C1O. The highest BCUT2D eigenvalue weighted by Crippen LogP contribution is 2.24. The van der Waals surface area contributed by atoms with Crippen LogP contribution in [-0.2, 0) is 38.7 Å². The summed E-state index contributed by atoms with van der Waals surface area (Å²) in [6.45, 7) is 3.60. The van der Waals surface area contributed by atoms with Gasteiger partial charge in [-0.3, -0.25) is 14.1 Å². The van der Waals surface area contributed by atoms with E-state index in [1.165, 1.54) is 70.6 Å². The number of rotatable bonds is 36. The van der Waals surface area contributed by atoms with Crippen molar-refractivity contribution in [1.82, 2.24) is 0 Å². The third-order valence-electron chi connectivity index (χ3n) is 10.0. The molecule has 1 heterocycles. The second-order valence-corrected chi connectivity index (χ2v) is 16.9. The quantitative estimate of drug-likeness (QED) is 0.0204. The Morgan fingerprint density at radius 2 is 1.09 bits per heavy atom. The van der Waals surface area contributed by atoms with Gasteiger partial charge < -0.3 is 34.3 Å². The van der Waals surface area contributed by atoms with Gasteiger partial charge in [0.1, 0.15) is 36.8 Å². The molecule has 0 bridgehead atoms. The van der Waals surface area contributed by atoms with Gasteiger partial charge in [-0.25, -0.2) is 0 Å². The van der Waals surface area contributed by atoms with Crippen molar-refractivity contribution >= 4 is 22.1 Å². The summed E-state index contributed by atoms with van der Waals surface area (Å²) < 4.78 is 54.0. The van der Waals surface area contributed by atoms with Crippen LogP contribution in [0.4, 0.5) is 0 Å². The fraction of sp³-hybridized carbons (Fsp3) is 0.778. The summed E-state index contributed by atoms with van der Waals surface area (Å²) in [5.41, 5.74) is 0. The van der Waals surface area contributed by atoms with Gasteiger partial charge in [0.05, 0.1) is 6.61 Å². The maximum Gasteiger partial charge on any atom is 0.306 e. The van der Waals surface area contributed by atoms with Gasteiger partial charge in [-0.1, -0.05) is 172 Å². The van der Waals surface area contributed by atoms with E-state index in [0.29, 0.717) is 12.8 Å². The third kappa shape index (κ3) is 29.8. The average Bonchev–Trinajstić information content (AvgIpc) is 3.18. The standard InChI is InChI=1S/C45H78O12S/c1-3-5-7-9-11-13-15-17-19-21-23-25-27-29-31-33-40(46)54-35-38(36-55-45-44(50)43(49)42(48)39(57-45)37-58(51,52)53)56-41(47)34-32-30-28-26-24-22-20-18-16-14-12-10-8-6-4-2/h6,8,10,12,14,16,18,20,38-39,42-45,48-50H,3-5,7,9,11,13,15,17,19,21-37H2,1-2H3,(H,51,52,53)/b8-6+,12-10+,16-14+,20-18+/t38-,39-,42-,43?,44?,45+/m1/s1. The highest BCUT2D eigenvalue weighted by atomic mass is 32.2. The number of allylic oxidation sites excluding steroid dienone is 8. The summed E-state index contributed by atoms with van der Waals surface area (Å²) in [6, 6.07) is 0. The molecule has 0 spiro atoms. The zero-order valence-electron chi connectivity index (χ0n) is 35.6. The Balaban J connectivity index is 2.47. The Bertz CT molecular complexity index is 1260. The lowest BCUT2D eigenvalue weighted by Crippen LogP contribution is -2.60. The van der Waals surface area contributed by atoms with E-state index in [4.69, 9.17) is 18.9 Å².